The van der Waals surface area contributed by atoms with Crippen LogP contribution in [0.5, 0.6) is 5.75 Å². The molecule has 43 heavy (non-hydrogen) atoms. The number of piperidine rings is 1. The van der Waals surface area contributed by atoms with Crippen LogP contribution in [0.4, 0.5) is 27.7 Å². The molecule has 0 aliphatic carbocycles. The first-order valence-corrected chi connectivity index (χ1v) is 12.8. The molecular weight excluding hydrogens is 568 g/mol. The Morgan fingerprint density at radius 2 is 1.63 bits per heavy atom. The lowest BCUT2D eigenvalue weighted by Crippen LogP contribution is -2.37. The number of hydrogen-bond acceptors (Lipinski definition) is 11. The molecule has 226 valence electrons. The van der Waals surface area contributed by atoms with Crippen molar-refractivity contribution in [1.29, 1.82) is 0 Å². The van der Waals surface area contributed by atoms with Crippen LogP contribution in [0.15, 0.2) is 36.5 Å². The highest BCUT2D eigenvalue weighted by Gasteiger charge is 2.23. The van der Waals surface area contributed by atoms with Crippen LogP contribution in [0.25, 0.3) is 0 Å². The minimum absolute atomic E-state index is 0.0245. The number of nitro benzene ring substituents is 1. The molecule has 3 amide bonds. The first-order valence-electron chi connectivity index (χ1n) is 12.8. The zero-order chi connectivity index (χ0) is 31.5. The molecule has 17 nitrogen and oxygen atoms in total. The number of primary amides is 2. The molecule has 0 atom stereocenters. The van der Waals surface area contributed by atoms with Gasteiger partial charge in [-0.15, -0.1) is 0 Å². The molecule has 1 aromatic carbocycles. The van der Waals surface area contributed by atoms with Crippen molar-refractivity contribution in [2.45, 2.75) is 12.8 Å². The van der Waals surface area contributed by atoms with E-state index in [1.54, 1.807) is 12.2 Å². The maximum atomic E-state index is 11.8. The summed E-state index contributed by atoms with van der Waals surface area (Å²) in [5, 5.41) is 37.7. The molecule has 17 heteroatoms. The number of amides is 3. The predicted molar refractivity (Wildman–Crippen MR) is 153 cm³/mol. The van der Waals surface area contributed by atoms with Gasteiger partial charge in [0.1, 0.15) is 6.61 Å². The standard InChI is InChI=1S/C26H28N8O9/c27-23(35)17-12-19(33(39)40)22(21(14-17)43-11-3-4-16-5-9-32(10-6-16)26(37)38)29-7-1-2-8-30-25-20(34(41)42)13-18(15-31-25)24(28)36/h1-2,12-16,29H,5-11H2,(H2,27,35)(H2,28,36)(H,30,31)(H,37,38)/b2-1+. The quantitative estimate of drug-likeness (QED) is 0.102. The summed E-state index contributed by atoms with van der Waals surface area (Å²) in [6.45, 7) is 0.716. The van der Waals surface area contributed by atoms with Gasteiger partial charge < -0.3 is 36.8 Å². The van der Waals surface area contributed by atoms with Gasteiger partial charge in [-0.3, -0.25) is 29.8 Å². The molecular formula is C26H28N8O9. The van der Waals surface area contributed by atoms with Crippen molar-refractivity contribution in [3.8, 4) is 17.6 Å². The second-order valence-corrected chi connectivity index (χ2v) is 9.09. The van der Waals surface area contributed by atoms with E-state index in [1.807, 2.05) is 0 Å². The number of aromatic nitrogens is 1. The Balaban J connectivity index is 1.67. The maximum absolute atomic E-state index is 11.8. The molecule has 1 aromatic heterocycles. The van der Waals surface area contributed by atoms with Crippen molar-refractivity contribution in [1.82, 2.24) is 9.88 Å². The number of carboxylic acid groups (broad SMARTS) is 1. The number of nitro groups is 2. The highest BCUT2D eigenvalue weighted by atomic mass is 16.6. The van der Waals surface area contributed by atoms with Crippen molar-refractivity contribution in [2.75, 3.05) is 43.4 Å². The monoisotopic (exact) mass is 596 g/mol. The van der Waals surface area contributed by atoms with E-state index in [1.165, 1.54) is 11.0 Å². The number of carbonyl (C=O) groups is 3. The zero-order valence-electron chi connectivity index (χ0n) is 22.6. The van der Waals surface area contributed by atoms with Gasteiger partial charge in [-0.25, -0.2) is 9.78 Å². The van der Waals surface area contributed by atoms with Gasteiger partial charge in [0, 0.05) is 56.0 Å². The van der Waals surface area contributed by atoms with Crippen LogP contribution in [0.1, 0.15) is 33.6 Å². The minimum Gasteiger partial charge on any atom is -0.478 e. The van der Waals surface area contributed by atoms with Gasteiger partial charge in [-0.1, -0.05) is 24.0 Å². The average molecular weight is 597 g/mol. The van der Waals surface area contributed by atoms with Crippen LogP contribution in [-0.2, 0) is 0 Å². The first-order chi connectivity index (χ1) is 20.5. The number of rotatable bonds is 12. The number of carbonyl (C=O) groups excluding carboxylic acids is 2. The number of hydrogen-bond donors (Lipinski definition) is 5. The van der Waals surface area contributed by atoms with Crippen LogP contribution >= 0.6 is 0 Å². The summed E-state index contributed by atoms with van der Waals surface area (Å²) in [6, 6.07) is 3.29. The third-order valence-corrected chi connectivity index (χ3v) is 6.23. The summed E-state index contributed by atoms with van der Waals surface area (Å²) in [7, 11) is 0. The lowest BCUT2D eigenvalue weighted by Gasteiger charge is -2.27. The van der Waals surface area contributed by atoms with E-state index in [2.05, 4.69) is 27.5 Å². The zero-order valence-corrected chi connectivity index (χ0v) is 22.6. The highest BCUT2D eigenvalue weighted by Crippen LogP contribution is 2.36. The van der Waals surface area contributed by atoms with Gasteiger partial charge in [-0.2, -0.15) is 0 Å². The summed E-state index contributed by atoms with van der Waals surface area (Å²) >= 11 is 0. The van der Waals surface area contributed by atoms with Crippen LogP contribution in [0.2, 0.25) is 0 Å². The molecule has 2 aromatic rings. The highest BCUT2D eigenvalue weighted by molar-refractivity contribution is 5.96. The summed E-state index contributed by atoms with van der Waals surface area (Å²) < 4.78 is 5.67. The van der Waals surface area contributed by atoms with E-state index in [4.69, 9.17) is 21.3 Å². The van der Waals surface area contributed by atoms with Crippen LogP contribution in [-0.4, -0.2) is 75.5 Å². The molecule has 0 unspecified atom stereocenters. The van der Waals surface area contributed by atoms with Crippen molar-refractivity contribution in [3.05, 3.63) is 67.9 Å². The smallest absolute Gasteiger partial charge is 0.407 e. The lowest BCUT2D eigenvalue weighted by molar-refractivity contribution is -0.384. The first kappa shape index (κ1) is 31.6. The van der Waals surface area contributed by atoms with Crippen molar-refractivity contribution >= 4 is 40.8 Å². The van der Waals surface area contributed by atoms with Gasteiger partial charge >= 0.3 is 11.8 Å². The Bertz CT molecular complexity index is 1510. The third kappa shape index (κ3) is 8.78. The van der Waals surface area contributed by atoms with Crippen molar-refractivity contribution < 1.29 is 34.1 Å². The molecule has 1 saturated heterocycles. The van der Waals surface area contributed by atoms with Gasteiger partial charge in [0.05, 0.1) is 15.4 Å². The summed E-state index contributed by atoms with van der Waals surface area (Å²) in [4.78, 5) is 60.9. The normalized spacial score (nSPS) is 13.1. The number of anilines is 2. The van der Waals surface area contributed by atoms with E-state index >= 15 is 0 Å². The molecule has 1 aliphatic heterocycles. The topological polar surface area (TPSA) is 259 Å². The number of nitrogens with zero attached hydrogens (tertiary/aromatic N) is 4. The Labute approximate surface area is 244 Å². The van der Waals surface area contributed by atoms with E-state index in [9.17, 15) is 34.6 Å². The molecule has 1 aliphatic rings. The molecule has 0 radical (unpaired) electrons. The molecule has 3 rings (SSSR count). The number of nitrogens with two attached hydrogens (primary N) is 2. The second kappa shape index (κ2) is 14.6. The molecule has 1 fully saturated rings. The van der Waals surface area contributed by atoms with Crippen LogP contribution in [0.3, 0.4) is 0 Å². The fourth-order valence-electron chi connectivity index (χ4n) is 4.04. The van der Waals surface area contributed by atoms with Gasteiger partial charge in [0.2, 0.25) is 11.7 Å². The van der Waals surface area contributed by atoms with Crippen LogP contribution < -0.4 is 26.8 Å². The van der Waals surface area contributed by atoms with Crippen LogP contribution in [0, 0.1) is 38.0 Å². The van der Waals surface area contributed by atoms with Crippen molar-refractivity contribution in [3.63, 3.8) is 0 Å². The Hall–Kier alpha value is -5.92. The summed E-state index contributed by atoms with van der Waals surface area (Å²) in [5.74, 6) is 3.95. The Kier molecular flexibility index (Phi) is 10.8. The van der Waals surface area contributed by atoms with E-state index in [-0.39, 0.29) is 54.0 Å². The summed E-state index contributed by atoms with van der Waals surface area (Å²) in [5.41, 5.74) is 9.30. The van der Waals surface area contributed by atoms with E-state index in [0.29, 0.717) is 25.9 Å². The average Bonchev–Trinajstić information content (AvgIpc) is 2.97. The number of likely N-dealkylation sites (tertiary alicyclic amines) is 1. The molecule has 0 saturated carbocycles. The third-order valence-electron chi connectivity index (χ3n) is 6.23. The fourth-order valence-corrected chi connectivity index (χ4v) is 4.04. The number of nitrogens with one attached hydrogen (secondary N) is 2. The Morgan fingerprint density at radius 3 is 2.21 bits per heavy atom. The largest absolute Gasteiger partial charge is 0.478 e. The Morgan fingerprint density at radius 1 is 1.02 bits per heavy atom. The SMILES string of the molecule is NC(=O)c1cnc(NC/C=C/CNc2c(OCC#CC3CCN(C(=O)O)CC3)cc(C(N)=O)cc2[N+](=O)[O-])c([N+](=O)[O-])c1. The fraction of sp³-hybridized carbons (Fsp3) is 0.308. The number of benzene rings is 1. The van der Waals surface area contributed by atoms with Gasteiger partial charge in [-0.05, 0) is 18.9 Å². The van der Waals surface area contributed by atoms with Gasteiger partial charge in [0.15, 0.2) is 11.4 Å². The maximum Gasteiger partial charge on any atom is 0.407 e. The second-order valence-electron chi connectivity index (χ2n) is 9.09. The molecule has 7 N–H and O–H groups in total. The molecule has 2 heterocycles. The van der Waals surface area contributed by atoms with E-state index in [0.717, 1.165) is 18.3 Å². The number of ether oxygens (including phenoxy) is 1. The molecule has 0 spiro atoms. The predicted octanol–water partition coefficient (Wildman–Crippen LogP) is 1.95. The van der Waals surface area contributed by atoms with Gasteiger partial charge in [0.25, 0.3) is 11.6 Å². The molecule has 0 bridgehead atoms. The van der Waals surface area contributed by atoms with E-state index < -0.39 is 39.1 Å². The summed E-state index contributed by atoms with van der Waals surface area (Å²) in [6.07, 6.45) is 4.41. The number of pyridine rings is 1. The van der Waals surface area contributed by atoms with Crippen molar-refractivity contribution in [2.24, 2.45) is 17.4 Å². The minimum atomic E-state index is -0.978. The lowest BCUT2D eigenvalue weighted by atomic mass is 9.98.